The first-order chi connectivity index (χ1) is 11.5. The van der Waals surface area contributed by atoms with Crippen LogP contribution in [0, 0.1) is 12.8 Å². The molecule has 2 atom stereocenters. The highest BCUT2D eigenvalue weighted by atomic mass is 35.5. The fourth-order valence-corrected chi connectivity index (χ4v) is 3.12. The molecule has 1 aromatic heterocycles. The Morgan fingerprint density at radius 2 is 2.29 bits per heavy atom. The van der Waals surface area contributed by atoms with Gasteiger partial charge in [-0.1, -0.05) is 35.9 Å². The van der Waals surface area contributed by atoms with Crippen LogP contribution in [-0.2, 0) is 6.54 Å². The summed E-state index contributed by atoms with van der Waals surface area (Å²) in [4.78, 5) is 12.5. The van der Waals surface area contributed by atoms with Crippen molar-refractivity contribution < 1.29 is 9.90 Å². The van der Waals surface area contributed by atoms with Crippen LogP contribution in [0.2, 0.25) is 5.02 Å². The number of amides is 1. The van der Waals surface area contributed by atoms with Crippen molar-refractivity contribution in [3.8, 4) is 0 Å². The molecule has 0 radical (unpaired) electrons. The van der Waals surface area contributed by atoms with Gasteiger partial charge in [-0.2, -0.15) is 5.10 Å². The Labute approximate surface area is 145 Å². The van der Waals surface area contributed by atoms with E-state index in [1.54, 1.807) is 10.9 Å². The lowest BCUT2D eigenvalue weighted by Gasteiger charge is -2.12. The number of halogens is 1. The van der Waals surface area contributed by atoms with Gasteiger partial charge in [0, 0.05) is 29.8 Å². The van der Waals surface area contributed by atoms with Crippen LogP contribution in [-0.4, -0.2) is 33.4 Å². The SMILES string of the molecule is Cc1nn(Cc2cccc(Cl)c2)cc1C(=O)N[C@@H]1C=C[C@H](CO)C1. The van der Waals surface area contributed by atoms with E-state index in [-0.39, 0.29) is 24.5 Å². The Bertz CT molecular complexity index is 769. The van der Waals surface area contributed by atoms with E-state index in [9.17, 15) is 4.79 Å². The number of rotatable bonds is 5. The van der Waals surface area contributed by atoms with Crippen LogP contribution in [0.5, 0.6) is 0 Å². The van der Waals surface area contributed by atoms with Crippen LogP contribution in [0.3, 0.4) is 0 Å². The van der Waals surface area contributed by atoms with Gasteiger partial charge < -0.3 is 10.4 Å². The van der Waals surface area contributed by atoms with Crippen molar-refractivity contribution in [1.82, 2.24) is 15.1 Å². The van der Waals surface area contributed by atoms with Crippen molar-refractivity contribution >= 4 is 17.5 Å². The lowest BCUT2D eigenvalue weighted by Crippen LogP contribution is -2.33. The fraction of sp³-hybridized carbons (Fsp3) is 0.333. The molecule has 5 nitrogen and oxygen atoms in total. The molecule has 1 amide bonds. The largest absolute Gasteiger partial charge is 0.396 e. The van der Waals surface area contributed by atoms with Gasteiger partial charge in [-0.25, -0.2) is 0 Å². The molecule has 2 N–H and O–H groups in total. The second kappa shape index (κ2) is 7.20. The zero-order valence-corrected chi connectivity index (χ0v) is 14.2. The first-order valence-corrected chi connectivity index (χ1v) is 8.31. The topological polar surface area (TPSA) is 67.2 Å². The lowest BCUT2D eigenvalue weighted by atomic mass is 10.1. The van der Waals surface area contributed by atoms with Gasteiger partial charge in [-0.05, 0) is 31.0 Å². The smallest absolute Gasteiger partial charge is 0.255 e. The van der Waals surface area contributed by atoms with Gasteiger partial charge in [-0.15, -0.1) is 0 Å². The second-order valence-corrected chi connectivity index (χ2v) is 6.54. The molecule has 1 aliphatic carbocycles. The molecule has 1 heterocycles. The molecule has 126 valence electrons. The first kappa shape index (κ1) is 16.7. The molecule has 0 saturated heterocycles. The van der Waals surface area contributed by atoms with Gasteiger partial charge >= 0.3 is 0 Å². The van der Waals surface area contributed by atoms with E-state index in [1.807, 2.05) is 43.3 Å². The number of carbonyl (C=O) groups is 1. The molecule has 0 saturated carbocycles. The zero-order valence-electron chi connectivity index (χ0n) is 13.4. The van der Waals surface area contributed by atoms with Gasteiger partial charge in [0.2, 0.25) is 0 Å². The summed E-state index contributed by atoms with van der Waals surface area (Å²) in [6, 6.07) is 7.54. The highest BCUT2D eigenvalue weighted by Gasteiger charge is 2.22. The summed E-state index contributed by atoms with van der Waals surface area (Å²) in [5, 5.41) is 17.2. The highest BCUT2D eigenvalue weighted by molar-refractivity contribution is 6.30. The van der Waals surface area contributed by atoms with Gasteiger partial charge in [-0.3, -0.25) is 9.48 Å². The van der Waals surface area contributed by atoms with Crippen LogP contribution >= 0.6 is 11.6 Å². The van der Waals surface area contributed by atoms with Crippen molar-refractivity contribution in [3.05, 3.63) is 64.5 Å². The number of carbonyl (C=O) groups excluding carboxylic acids is 1. The van der Waals surface area contributed by atoms with E-state index in [2.05, 4.69) is 10.4 Å². The number of hydrogen-bond acceptors (Lipinski definition) is 3. The van der Waals surface area contributed by atoms with Gasteiger partial charge in [0.05, 0.1) is 17.8 Å². The number of nitrogens with zero attached hydrogens (tertiary/aromatic N) is 2. The van der Waals surface area contributed by atoms with E-state index in [0.29, 0.717) is 22.8 Å². The Morgan fingerprint density at radius 3 is 3.00 bits per heavy atom. The molecule has 0 fully saturated rings. The molecule has 1 aliphatic rings. The van der Waals surface area contributed by atoms with Crippen molar-refractivity contribution in [2.24, 2.45) is 5.92 Å². The van der Waals surface area contributed by atoms with Crippen LogP contribution in [0.1, 0.15) is 28.0 Å². The molecule has 0 aliphatic heterocycles. The number of benzene rings is 1. The maximum atomic E-state index is 12.5. The minimum atomic E-state index is -0.141. The van der Waals surface area contributed by atoms with Gasteiger partial charge in [0.1, 0.15) is 0 Å². The zero-order chi connectivity index (χ0) is 17.1. The number of aryl methyl sites for hydroxylation is 1. The fourth-order valence-electron chi connectivity index (χ4n) is 2.91. The standard InChI is InChI=1S/C18H20ClN3O2/c1-12-17(18(24)20-16-6-5-14(8-16)11-23)10-22(21-12)9-13-3-2-4-15(19)7-13/h2-7,10,14,16,23H,8-9,11H2,1H3,(H,20,24)/t14-,16+/m0/s1. The Kier molecular flexibility index (Phi) is 5.02. The highest BCUT2D eigenvalue weighted by Crippen LogP contribution is 2.18. The predicted octanol–water partition coefficient (Wildman–Crippen LogP) is 2.56. The minimum Gasteiger partial charge on any atom is -0.396 e. The summed E-state index contributed by atoms with van der Waals surface area (Å²) < 4.78 is 1.75. The maximum absolute atomic E-state index is 12.5. The van der Waals surface area contributed by atoms with E-state index in [0.717, 1.165) is 12.0 Å². The summed E-state index contributed by atoms with van der Waals surface area (Å²) in [7, 11) is 0. The van der Waals surface area contributed by atoms with Crippen molar-refractivity contribution in [2.45, 2.75) is 25.9 Å². The number of nitrogens with one attached hydrogen (secondary N) is 1. The summed E-state index contributed by atoms with van der Waals surface area (Å²) in [5.41, 5.74) is 2.29. The number of aliphatic hydroxyl groups excluding tert-OH is 1. The summed E-state index contributed by atoms with van der Waals surface area (Å²) >= 11 is 6.00. The Balaban J connectivity index is 1.67. The predicted molar refractivity (Wildman–Crippen MR) is 93.1 cm³/mol. The first-order valence-electron chi connectivity index (χ1n) is 7.93. The molecule has 0 unspecified atom stereocenters. The van der Waals surface area contributed by atoms with E-state index in [1.165, 1.54) is 0 Å². The molecular weight excluding hydrogens is 326 g/mol. The quantitative estimate of drug-likeness (QED) is 0.818. The molecule has 6 heteroatoms. The van der Waals surface area contributed by atoms with E-state index >= 15 is 0 Å². The summed E-state index contributed by atoms with van der Waals surface area (Å²) in [6.45, 7) is 2.49. The number of aromatic nitrogens is 2. The molecule has 0 spiro atoms. The lowest BCUT2D eigenvalue weighted by molar-refractivity contribution is 0.0940. The Morgan fingerprint density at radius 1 is 1.46 bits per heavy atom. The van der Waals surface area contributed by atoms with Crippen LogP contribution in [0.4, 0.5) is 0 Å². The average molecular weight is 346 g/mol. The van der Waals surface area contributed by atoms with Crippen LogP contribution < -0.4 is 5.32 Å². The van der Waals surface area contributed by atoms with Crippen LogP contribution in [0.25, 0.3) is 0 Å². The average Bonchev–Trinajstić information content (AvgIpc) is 3.13. The third kappa shape index (κ3) is 3.86. The molecule has 1 aromatic carbocycles. The van der Waals surface area contributed by atoms with E-state index in [4.69, 9.17) is 16.7 Å². The van der Waals surface area contributed by atoms with Crippen molar-refractivity contribution in [3.63, 3.8) is 0 Å². The molecule has 0 bridgehead atoms. The third-order valence-corrected chi connectivity index (χ3v) is 4.38. The third-order valence-electron chi connectivity index (χ3n) is 4.15. The van der Waals surface area contributed by atoms with Gasteiger partial charge in [0.15, 0.2) is 0 Å². The Hall–Kier alpha value is -2.11. The minimum absolute atomic E-state index is 0.0367. The van der Waals surface area contributed by atoms with Crippen molar-refractivity contribution in [2.75, 3.05) is 6.61 Å². The van der Waals surface area contributed by atoms with Crippen LogP contribution in [0.15, 0.2) is 42.6 Å². The normalized spacial score (nSPS) is 19.6. The number of hydrogen-bond donors (Lipinski definition) is 2. The molecule has 3 rings (SSSR count). The second-order valence-electron chi connectivity index (χ2n) is 6.10. The number of aliphatic hydroxyl groups is 1. The van der Waals surface area contributed by atoms with E-state index < -0.39 is 0 Å². The molecule has 2 aromatic rings. The molecular formula is C18H20ClN3O2. The van der Waals surface area contributed by atoms with Crippen molar-refractivity contribution in [1.29, 1.82) is 0 Å². The summed E-state index contributed by atoms with van der Waals surface area (Å²) in [5.74, 6) is -0.0139. The molecule has 24 heavy (non-hydrogen) atoms. The monoisotopic (exact) mass is 345 g/mol. The van der Waals surface area contributed by atoms with Gasteiger partial charge in [0.25, 0.3) is 5.91 Å². The summed E-state index contributed by atoms with van der Waals surface area (Å²) in [6.07, 6.45) is 6.37. The maximum Gasteiger partial charge on any atom is 0.255 e.